The van der Waals surface area contributed by atoms with Crippen LogP contribution in [0.5, 0.6) is 17.4 Å². The maximum Gasteiger partial charge on any atom is 0.300 e. The molecule has 9 heteroatoms. The number of piperidine rings is 1. The first kappa shape index (κ1) is 28.1. The Hall–Kier alpha value is -4.42. The number of terminal acetylenes is 1. The van der Waals surface area contributed by atoms with E-state index in [1.165, 1.54) is 6.42 Å². The normalized spacial score (nSPS) is 15.7. The molecule has 2 aliphatic heterocycles. The van der Waals surface area contributed by atoms with Gasteiger partial charge in [-0.25, -0.2) is 0 Å². The van der Waals surface area contributed by atoms with Crippen molar-refractivity contribution in [3.8, 4) is 29.7 Å². The van der Waals surface area contributed by atoms with Crippen molar-refractivity contribution in [2.45, 2.75) is 26.2 Å². The molecular formula is C32H38N6O3. The highest BCUT2D eigenvalue weighted by molar-refractivity contribution is 6.04. The SMILES string of the molecule is C#CC(=O)Nc1cc(Oc2nc(Nc3ccc(N4CCN(C)CC4)cc3OC)ccc2N2CCCCC2)ccc1C. The number of methoxy groups -OCH3 is 1. The highest BCUT2D eigenvalue weighted by atomic mass is 16.5. The summed E-state index contributed by atoms with van der Waals surface area (Å²) in [5, 5.41) is 6.16. The van der Waals surface area contributed by atoms with Crippen molar-refractivity contribution in [3.05, 3.63) is 54.1 Å². The summed E-state index contributed by atoms with van der Waals surface area (Å²) in [5.41, 5.74) is 4.38. The van der Waals surface area contributed by atoms with E-state index in [0.717, 1.165) is 80.5 Å². The van der Waals surface area contributed by atoms with E-state index >= 15 is 0 Å². The molecule has 2 aromatic carbocycles. The van der Waals surface area contributed by atoms with Crippen LogP contribution in [0.2, 0.25) is 0 Å². The number of ether oxygens (including phenoxy) is 2. The average Bonchev–Trinajstić information content (AvgIpc) is 3.00. The van der Waals surface area contributed by atoms with Gasteiger partial charge in [0.2, 0.25) is 5.88 Å². The maximum atomic E-state index is 11.8. The molecule has 5 rings (SSSR count). The van der Waals surface area contributed by atoms with E-state index in [4.69, 9.17) is 20.9 Å². The van der Waals surface area contributed by atoms with Crippen molar-refractivity contribution in [3.63, 3.8) is 0 Å². The summed E-state index contributed by atoms with van der Waals surface area (Å²) < 4.78 is 12.1. The van der Waals surface area contributed by atoms with Crippen molar-refractivity contribution in [1.29, 1.82) is 0 Å². The molecular weight excluding hydrogens is 516 g/mol. The average molecular weight is 555 g/mol. The van der Waals surface area contributed by atoms with Crippen LogP contribution >= 0.6 is 0 Å². The Balaban J connectivity index is 1.42. The fraction of sp³-hybridized carbons (Fsp3) is 0.375. The molecule has 0 atom stereocenters. The smallest absolute Gasteiger partial charge is 0.300 e. The van der Waals surface area contributed by atoms with Crippen LogP contribution in [-0.2, 0) is 4.79 Å². The minimum absolute atomic E-state index is 0.489. The zero-order valence-electron chi connectivity index (χ0n) is 24.1. The molecule has 3 aromatic rings. The number of likely N-dealkylation sites (N-methyl/N-ethyl adjacent to an activating group) is 1. The van der Waals surface area contributed by atoms with Crippen molar-refractivity contribution < 1.29 is 14.3 Å². The summed E-state index contributed by atoms with van der Waals surface area (Å²) in [5.74, 6) is 4.02. The number of hydrogen-bond donors (Lipinski definition) is 2. The van der Waals surface area contributed by atoms with Crippen LogP contribution in [0.25, 0.3) is 0 Å². The van der Waals surface area contributed by atoms with Gasteiger partial charge in [0, 0.05) is 62.8 Å². The minimum Gasteiger partial charge on any atom is -0.494 e. The third-order valence-corrected chi connectivity index (χ3v) is 7.66. The molecule has 1 amide bonds. The number of anilines is 5. The van der Waals surface area contributed by atoms with Crippen molar-refractivity contribution in [2.75, 3.05) is 73.9 Å². The van der Waals surface area contributed by atoms with Gasteiger partial charge in [-0.1, -0.05) is 6.07 Å². The van der Waals surface area contributed by atoms with Gasteiger partial charge in [0.15, 0.2) is 0 Å². The van der Waals surface area contributed by atoms with Gasteiger partial charge in [0.25, 0.3) is 5.91 Å². The first-order chi connectivity index (χ1) is 19.9. The van der Waals surface area contributed by atoms with Crippen LogP contribution in [0.15, 0.2) is 48.5 Å². The lowest BCUT2D eigenvalue weighted by Crippen LogP contribution is -2.44. The van der Waals surface area contributed by atoms with Gasteiger partial charge in [0.05, 0.1) is 12.8 Å². The van der Waals surface area contributed by atoms with Crippen LogP contribution in [0.4, 0.5) is 28.6 Å². The number of carbonyl (C=O) groups excluding carboxylic acids is 1. The zero-order chi connectivity index (χ0) is 28.8. The number of pyridine rings is 1. The second-order valence-corrected chi connectivity index (χ2v) is 10.5. The molecule has 1 aromatic heterocycles. The van der Waals surface area contributed by atoms with Crippen molar-refractivity contribution >= 4 is 34.5 Å². The molecule has 41 heavy (non-hydrogen) atoms. The van der Waals surface area contributed by atoms with Gasteiger partial charge in [-0.3, -0.25) is 4.79 Å². The van der Waals surface area contributed by atoms with Gasteiger partial charge >= 0.3 is 0 Å². The zero-order valence-corrected chi connectivity index (χ0v) is 24.1. The van der Waals surface area contributed by atoms with Gasteiger partial charge in [-0.05, 0) is 75.0 Å². The Bertz CT molecular complexity index is 1420. The number of piperazine rings is 1. The number of benzene rings is 2. The minimum atomic E-state index is -0.504. The fourth-order valence-electron chi connectivity index (χ4n) is 5.21. The van der Waals surface area contributed by atoms with Crippen LogP contribution in [-0.4, -0.2) is 69.2 Å². The van der Waals surface area contributed by atoms with Gasteiger partial charge in [-0.15, -0.1) is 6.42 Å². The Labute approximate surface area is 242 Å². The predicted molar refractivity (Wildman–Crippen MR) is 165 cm³/mol. The Morgan fingerprint density at radius 3 is 2.44 bits per heavy atom. The number of amides is 1. The van der Waals surface area contributed by atoms with Crippen LogP contribution in [0.3, 0.4) is 0 Å². The number of aryl methyl sites for hydroxylation is 1. The van der Waals surface area contributed by atoms with E-state index in [2.05, 4.69) is 56.5 Å². The largest absolute Gasteiger partial charge is 0.494 e. The summed E-state index contributed by atoms with van der Waals surface area (Å²) in [6.45, 7) is 7.85. The lowest BCUT2D eigenvalue weighted by Gasteiger charge is -2.34. The molecule has 9 nitrogen and oxygen atoms in total. The van der Waals surface area contributed by atoms with Crippen molar-refractivity contribution in [2.24, 2.45) is 0 Å². The van der Waals surface area contributed by atoms with E-state index in [9.17, 15) is 4.79 Å². The van der Waals surface area contributed by atoms with Gasteiger partial charge in [-0.2, -0.15) is 4.98 Å². The molecule has 2 N–H and O–H groups in total. The molecule has 0 aliphatic carbocycles. The second kappa shape index (κ2) is 12.8. The predicted octanol–water partition coefficient (Wildman–Crippen LogP) is 5.25. The van der Waals surface area contributed by atoms with Crippen molar-refractivity contribution in [1.82, 2.24) is 9.88 Å². The second-order valence-electron chi connectivity index (χ2n) is 10.5. The standard InChI is InChI=1S/C32H38N6O3/c1-5-31(39)34-27-22-25(11-9-23(27)2)41-32-28(38-15-7-6-8-16-38)13-14-30(35-32)33-26-12-10-24(21-29(26)40-4)37-19-17-36(3)18-20-37/h1,9-14,21-22H,6-8,15-20H2,2-4H3,(H,33,35)(H,34,39). The van der Waals surface area contributed by atoms with Crippen LogP contribution < -0.4 is 29.9 Å². The van der Waals surface area contributed by atoms with E-state index in [1.54, 1.807) is 13.2 Å². The van der Waals surface area contributed by atoms with E-state index < -0.39 is 5.91 Å². The lowest BCUT2D eigenvalue weighted by atomic mass is 10.1. The molecule has 0 unspecified atom stereocenters. The van der Waals surface area contributed by atoms with Gasteiger partial charge < -0.3 is 34.8 Å². The summed E-state index contributed by atoms with van der Waals surface area (Å²) >= 11 is 0. The highest BCUT2D eigenvalue weighted by Gasteiger charge is 2.20. The van der Waals surface area contributed by atoms with Gasteiger partial charge in [0.1, 0.15) is 23.0 Å². The third kappa shape index (κ3) is 6.84. The molecule has 0 saturated carbocycles. The molecule has 214 valence electrons. The number of rotatable bonds is 8. The third-order valence-electron chi connectivity index (χ3n) is 7.66. The number of carbonyl (C=O) groups is 1. The fourth-order valence-corrected chi connectivity index (χ4v) is 5.21. The number of nitrogens with zero attached hydrogens (tertiary/aromatic N) is 4. The molecule has 0 spiro atoms. The van der Waals surface area contributed by atoms with E-state index in [1.807, 2.05) is 31.2 Å². The number of aromatic nitrogens is 1. The maximum absolute atomic E-state index is 11.8. The first-order valence-electron chi connectivity index (χ1n) is 14.1. The number of nitrogens with one attached hydrogen (secondary N) is 2. The Kier molecular flexibility index (Phi) is 8.80. The van der Waals surface area contributed by atoms with Crippen LogP contribution in [0.1, 0.15) is 24.8 Å². The summed E-state index contributed by atoms with van der Waals surface area (Å²) in [6, 6.07) is 15.8. The molecule has 0 radical (unpaired) electrons. The quantitative estimate of drug-likeness (QED) is 0.366. The molecule has 0 bridgehead atoms. The molecule has 2 saturated heterocycles. The summed E-state index contributed by atoms with van der Waals surface area (Å²) in [7, 11) is 3.84. The lowest BCUT2D eigenvalue weighted by molar-refractivity contribution is -0.111. The summed E-state index contributed by atoms with van der Waals surface area (Å²) in [6.07, 6.45) is 8.74. The topological polar surface area (TPSA) is 82.2 Å². The highest BCUT2D eigenvalue weighted by Crippen LogP contribution is 2.37. The van der Waals surface area contributed by atoms with E-state index in [0.29, 0.717) is 23.1 Å². The molecule has 2 aliphatic rings. The summed E-state index contributed by atoms with van der Waals surface area (Å²) in [4.78, 5) is 23.8. The molecule has 2 fully saturated rings. The molecule has 3 heterocycles. The van der Waals surface area contributed by atoms with E-state index in [-0.39, 0.29) is 0 Å². The Morgan fingerprint density at radius 1 is 0.927 bits per heavy atom. The van der Waals surface area contributed by atoms with Crippen LogP contribution in [0, 0.1) is 19.3 Å². The number of hydrogen-bond acceptors (Lipinski definition) is 8. The first-order valence-corrected chi connectivity index (χ1v) is 14.1. The Morgan fingerprint density at radius 2 is 1.71 bits per heavy atom. The monoisotopic (exact) mass is 554 g/mol.